The summed E-state index contributed by atoms with van der Waals surface area (Å²) in [5.74, 6) is 0. The first-order chi connectivity index (χ1) is 3.62. The second-order valence-corrected chi connectivity index (χ2v) is 2.70. The highest BCUT2D eigenvalue weighted by atomic mass is 31.2. The Hall–Kier alpha value is 0.270. The third-order valence-electron chi connectivity index (χ3n) is 0.535. The van der Waals surface area contributed by atoms with Crippen LogP contribution in [0.25, 0.3) is 0 Å². The summed E-state index contributed by atoms with van der Waals surface area (Å²) in [5.41, 5.74) is 0. The average molecular weight is 141 g/mol. The molecule has 0 aliphatic heterocycles. The fraction of sp³-hybridized carbons (Fsp3) is 1.00. The molecule has 0 spiro atoms. The third-order valence-corrected chi connectivity index (χ3v) is 1.61. The maximum atomic E-state index is 8.55. The molecule has 0 rings (SSSR count). The van der Waals surface area contributed by atoms with Crippen LogP contribution in [0, 0.1) is 0 Å². The van der Waals surface area contributed by atoms with Gasteiger partial charge in [0.2, 0.25) is 0 Å². The fourth-order valence-electron chi connectivity index (χ4n) is 0.221. The van der Waals surface area contributed by atoms with Crippen LogP contribution >= 0.6 is 8.17 Å². The Morgan fingerprint density at radius 3 is 2.12 bits per heavy atom. The summed E-state index contributed by atoms with van der Waals surface area (Å²) >= 11 is 0. The van der Waals surface area contributed by atoms with Crippen molar-refractivity contribution in [1.29, 1.82) is 0 Å². The molecule has 5 heteroatoms. The molecule has 8 heavy (non-hydrogen) atoms. The maximum Gasteiger partial charge on any atom is 0.569 e. The van der Waals surface area contributed by atoms with Gasteiger partial charge in [0.05, 0.1) is 13.7 Å². The van der Waals surface area contributed by atoms with Gasteiger partial charge in [-0.25, -0.2) is 0 Å². The van der Waals surface area contributed by atoms with Crippen LogP contribution in [0.15, 0.2) is 0 Å². The van der Waals surface area contributed by atoms with Gasteiger partial charge >= 0.3 is 8.17 Å². The van der Waals surface area contributed by atoms with Crippen LogP contribution in [-0.4, -0.2) is 23.5 Å². The van der Waals surface area contributed by atoms with Gasteiger partial charge < -0.3 is 0 Å². The zero-order valence-corrected chi connectivity index (χ0v) is 5.76. The summed E-state index contributed by atoms with van der Waals surface area (Å²) in [6.07, 6.45) is 0. The average Bonchev–Trinajstić information content (AvgIpc) is 1.67. The first-order valence-corrected chi connectivity index (χ1v) is 3.70. The van der Waals surface area contributed by atoms with Crippen molar-refractivity contribution < 1.29 is 18.8 Å². The molecule has 0 aliphatic rings. The van der Waals surface area contributed by atoms with E-state index in [2.05, 4.69) is 9.05 Å². The maximum absolute atomic E-state index is 8.55. The van der Waals surface area contributed by atoms with Crippen molar-refractivity contribution >= 4 is 8.17 Å². The fourth-order valence-corrected chi connectivity index (χ4v) is 0.663. The molecular weight excluding hydrogens is 131 g/mol. The van der Waals surface area contributed by atoms with E-state index >= 15 is 0 Å². The van der Waals surface area contributed by atoms with Crippen molar-refractivity contribution in [2.75, 3.05) is 13.7 Å². The van der Waals surface area contributed by atoms with Gasteiger partial charge in [0.25, 0.3) is 0 Å². The highest BCUT2D eigenvalue weighted by molar-refractivity contribution is 7.54. The number of rotatable bonds is 3. The van der Waals surface area contributed by atoms with E-state index in [0.29, 0.717) is 0 Å². The quantitative estimate of drug-likeness (QED) is 0.556. The van der Waals surface area contributed by atoms with Gasteiger partial charge in [0.1, 0.15) is 0 Å². The molecule has 2 N–H and O–H groups in total. The SMILES string of the molecule is CCO[P+](O)(O)OC. The van der Waals surface area contributed by atoms with Gasteiger partial charge in [-0.2, -0.15) is 18.8 Å². The lowest BCUT2D eigenvalue weighted by atomic mass is 10.9. The highest BCUT2D eigenvalue weighted by Crippen LogP contribution is 2.50. The van der Waals surface area contributed by atoms with Crippen molar-refractivity contribution in [2.45, 2.75) is 6.92 Å². The van der Waals surface area contributed by atoms with E-state index in [1.54, 1.807) is 6.92 Å². The molecule has 0 unspecified atom stereocenters. The normalized spacial score (nSPS) is 12.0. The zero-order chi connectivity index (χ0) is 6.62. The molecule has 0 aromatic rings. The lowest BCUT2D eigenvalue weighted by Crippen LogP contribution is -1.97. The highest BCUT2D eigenvalue weighted by Gasteiger charge is 2.36. The molecule has 0 aromatic heterocycles. The van der Waals surface area contributed by atoms with Crippen LogP contribution in [0.5, 0.6) is 0 Å². The van der Waals surface area contributed by atoms with Gasteiger partial charge in [-0.3, -0.25) is 0 Å². The summed E-state index contributed by atoms with van der Waals surface area (Å²) in [4.78, 5) is 17.1. The Bertz CT molecular complexity index is 64.3. The molecule has 0 radical (unpaired) electrons. The van der Waals surface area contributed by atoms with Gasteiger partial charge in [0, 0.05) is 0 Å². The Morgan fingerprint density at radius 1 is 1.50 bits per heavy atom. The van der Waals surface area contributed by atoms with Crippen molar-refractivity contribution in [3.8, 4) is 0 Å². The van der Waals surface area contributed by atoms with Gasteiger partial charge in [-0.05, 0) is 6.92 Å². The molecule has 0 bridgehead atoms. The first-order valence-electron chi connectivity index (χ1n) is 2.17. The minimum atomic E-state index is -3.42. The van der Waals surface area contributed by atoms with Crippen LogP contribution in [0.3, 0.4) is 0 Å². The van der Waals surface area contributed by atoms with E-state index in [-0.39, 0.29) is 6.61 Å². The van der Waals surface area contributed by atoms with Crippen LogP contribution in [-0.2, 0) is 9.05 Å². The van der Waals surface area contributed by atoms with Gasteiger partial charge in [0.15, 0.2) is 0 Å². The van der Waals surface area contributed by atoms with E-state index < -0.39 is 8.17 Å². The molecule has 4 nitrogen and oxygen atoms in total. The van der Waals surface area contributed by atoms with Gasteiger partial charge in [-0.15, -0.1) is 0 Å². The third kappa shape index (κ3) is 3.29. The molecular formula is C3H10O4P+. The lowest BCUT2D eigenvalue weighted by molar-refractivity contribution is 0.144. The van der Waals surface area contributed by atoms with E-state index in [1.807, 2.05) is 0 Å². The summed E-state index contributed by atoms with van der Waals surface area (Å²) < 4.78 is 8.56. The summed E-state index contributed by atoms with van der Waals surface area (Å²) in [6, 6.07) is 0. The second-order valence-electron chi connectivity index (χ2n) is 1.09. The molecule has 0 amide bonds. The first kappa shape index (κ1) is 8.27. The number of hydrogen-bond acceptors (Lipinski definition) is 4. The van der Waals surface area contributed by atoms with E-state index in [9.17, 15) is 0 Å². The molecule has 0 heterocycles. The van der Waals surface area contributed by atoms with Crippen molar-refractivity contribution in [2.24, 2.45) is 0 Å². The van der Waals surface area contributed by atoms with Gasteiger partial charge in [-0.1, -0.05) is 0 Å². The second kappa shape index (κ2) is 3.33. The number of hydrogen-bond donors (Lipinski definition) is 2. The standard InChI is InChI=1S/C3H10O4P/c1-3-7-8(4,5)6-2/h4-5H,3H2,1-2H3/q+1. The Labute approximate surface area is 48.7 Å². The van der Waals surface area contributed by atoms with E-state index in [4.69, 9.17) is 9.79 Å². The molecule has 0 atom stereocenters. The monoisotopic (exact) mass is 141 g/mol. The smallest absolute Gasteiger partial charge is 0.168 e. The Balaban J connectivity index is 3.37. The minimum absolute atomic E-state index is 0.245. The molecule has 50 valence electrons. The summed E-state index contributed by atoms with van der Waals surface area (Å²) in [6.45, 7) is 1.90. The lowest BCUT2D eigenvalue weighted by Gasteiger charge is -2.02. The molecule has 0 fully saturated rings. The van der Waals surface area contributed by atoms with Crippen LogP contribution in [0.4, 0.5) is 0 Å². The van der Waals surface area contributed by atoms with Crippen molar-refractivity contribution in [3.63, 3.8) is 0 Å². The largest absolute Gasteiger partial charge is 0.569 e. The van der Waals surface area contributed by atoms with Crippen molar-refractivity contribution in [1.82, 2.24) is 0 Å². The predicted octanol–water partition coefficient (Wildman–Crippen LogP) is 0.332. The zero-order valence-electron chi connectivity index (χ0n) is 4.87. The molecule has 0 saturated heterocycles. The van der Waals surface area contributed by atoms with Crippen LogP contribution in [0.2, 0.25) is 0 Å². The van der Waals surface area contributed by atoms with E-state index in [0.717, 1.165) is 0 Å². The van der Waals surface area contributed by atoms with E-state index in [1.165, 1.54) is 7.11 Å². The summed E-state index contributed by atoms with van der Waals surface area (Å²) in [5, 5.41) is 0. The predicted molar refractivity (Wildman–Crippen MR) is 30.0 cm³/mol. The molecule has 0 saturated carbocycles. The minimum Gasteiger partial charge on any atom is -0.168 e. The Morgan fingerprint density at radius 2 is 2.00 bits per heavy atom. The topological polar surface area (TPSA) is 58.9 Å². The molecule has 0 aromatic carbocycles. The van der Waals surface area contributed by atoms with Crippen LogP contribution < -0.4 is 0 Å². The van der Waals surface area contributed by atoms with Crippen LogP contribution in [0.1, 0.15) is 6.92 Å². The molecule has 0 aliphatic carbocycles. The summed E-state index contributed by atoms with van der Waals surface area (Å²) in [7, 11) is -2.24. The Kier molecular flexibility index (Phi) is 3.44. The van der Waals surface area contributed by atoms with Crippen molar-refractivity contribution in [3.05, 3.63) is 0 Å².